The van der Waals surface area contributed by atoms with Gasteiger partial charge in [0.15, 0.2) is 6.10 Å². The molecular weight excluding hydrogens is 396 g/mol. The Morgan fingerprint density at radius 2 is 1.87 bits per heavy atom. The molecule has 0 saturated carbocycles. The summed E-state index contributed by atoms with van der Waals surface area (Å²) in [4.78, 5) is 38.0. The van der Waals surface area contributed by atoms with E-state index in [0.29, 0.717) is 31.9 Å². The molecular formula is C23H28N4O4. The summed E-state index contributed by atoms with van der Waals surface area (Å²) < 4.78 is 10.9. The standard InChI is InChI=1S/C23H28N4O4/c1-16-19(4-3-9-25-16)22(28)26-12-7-18(8-13-26)27-20(17-5-10-24-11-6-17)21(23(27)29)31-15-14-30-2/h3-6,9-11,18,20-21H,7-8,12-15H2,1-2H3/t20-,21+/m0/s1. The molecule has 2 fully saturated rings. The molecule has 164 valence electrons. The van der Waals surface area contributed by atoms with Crippen LogP contribution in [0.25, 0.3) is 0 Å². The number of hydrogen-bond donors (Lipinski definition) is 0. The molecule has 31 heavy (non-hydrogen) atoms. The van der Waals surface area contributed by atoms with Crippen LogP contribution in [-0.4, -0.2) is 77.1 Å². The van der Waals surface area contributed by atoms with E-state index in [1.807, 2.05) is 34.9 Å². The van der Waals surface area contributed by atoms with Crippen LogP contribution in [0.3, 0.4) is 0 Å². The molecule has 2 atom stereocenters. The minimum Gasteiger partial charge on any atom is -0.382 e. The van der Waals surface area contributed by atoms with Crippen LogP contribution in [0, 0.1) is 6.92 Å². The van der Waals surface area contributed by atoms with Gasteiger partial charge < -0.3 is 19.3 Å². The summed E-state index contributed by atoms with van der Waals surface area (Å²) in [5.41, 5.74) is 2.39. The fraction of sp³-hybridized carbons (Fsp3) is 0.478. The topological polar surface area (TPSA) is 84.9 Å². The monoisotopic (exact) mass is 424 g/mol. The SMILES string of the molecule is COCCO[C@H]1C(=O)N(C2CCN(C(=O)c3cccnc3C)CC2)[C@H]1c1ccncc1. The highest BCUT2D eigenvalue weighted by Crippen LogP contribution is 2.40. The zero-order valence-corrected chi connectivity index (χ0v) is 17.9. The van der Waals surface area contributed by atoms with Crippen molar-refractivity contribution in [2.24, 2.45) is 0 Å². The van der Waals surface area contributed by atoms with Gasteiger partial charge >= 0.3 is 0 Å². The Morgan fingerprint density at radius 3 is 2.55 bits per heavy atom. The largest absolute Gasteiger partial charge is 0.382 e. The van der Waals surface area contributed by atoms with Crippen molar-refractivity contribution < 1.29 is 19.1 Å². The molecule has 4 rings (SSSR count). The van der Waals surface area contributed by atoms with Gasteiger partial charge in [-0.1, -0.05) is 0 Å². The van der Waals surface area contributed by atoms with E-state index in [0.717, 1.165) is 24.1 Å². The van der Waals surface area contributed by atoms with E-state index in [1.54, 1.807) is 31.8 Å². The quantitative estimate of drug-likeness (QED) is 0.499. The second-order valence-electron chi connectivity index (χ2n) is 7.91. The average Bonchev–Trinajstić information content (AvgIpc) is 2.81. The van der Waals surface area contributed by atoms with Crippen molar-refractivity contribution in [2.75, 3.05) is 33.4 Å². The number of β-lactam (4-membered cyclic amide) rings is 1. The van der Waals surface area contributed by atoms with E-state index in [9.17, 15) is 9.59 Å². The number of amides is 2. The third-order valence-electron chi connectivity index (χ3n) is 6.10. The Labute approximate surface area is 182 Å². The predicted molar refractivity (Wildman–Crippen MR) is 113 cm³/mol. The van der Waals surface area contributed by atoms with E-state index < -0.39 is 6.10 Å². The summed E-state index contributed by atoms with van der Waals surface area (Å²) >= 11 is 0. The number of methoxy groups -OCH3 is 1. The van der Waals surface area contributed by atoms with Gasteiger partial charge in [0.25, 0.3) is 11.8 Å². The lowest BCUT2D eigenvalue weighted by Crippen LogP contribution is -2.65. The maximum Gasteiger partial charge on any atom is 0.255 e. The highest BCUT2D eigenvalue weighted by atomic mass is 16.5. The van der Waals surface area contributed by atoms with Gasteiger partial charge in [0.2, 0.25) is 0 Å². The summed E-state index contributed by atoms with van der Waals surface area (Å²) in [6, 6.07) is 7.40. The minimum atomic E-state index is -0.504. The lowest BCUT2D eigenvalue weighted by molar-refractivity contribution is -0.183. The number of ether oxygens (including phenoxy) is 2. The van der Waals surface area contributed by atoms with Crippen LogP contribution >= 0.6 is 0 Å². The van der Waals surface area contributed by atoms with Crippen molar-refractivity contribution >= 4 is 11.8 Å². The number of rotatable bonds is 7. The lowest BCUT2D eigenvalue weighted by Gasteiger charge is -2.52. The molecule has 0 aliphatic carbocycles. The summed E-state index contributed by atoms with van der Waals surface area (Å²) in [6.07, 6.45) is 6.14. The second kappa shape index (κ2) is 9.53. The average molecular weight is 425 g/mol. The second-order valence-corrected chi connectivity index (χ2v) is 7.91. The summed E-state index contributed by atoms with van der Waals surface area (Å²) in [6.45, 7) is 3.89. The smallest absolute Gasteiger partial charge is 0.255 e. The molecule has 0 aromatic carbocycles. The molecule has 4 heterocycles. The highest BCUT2D eigenvalue weighted by molar-refractivity contribution is 5.95. The van der Waals surface area contributed by atoms with Gasteiger partial charge in [0.05, 0.1) is 24.8 Å². The van der Waals surface area contributed by atoms with Crippen LogP contribution in [0.2, 0.25) is 0 Å². The fourth-order valence-electron chi connectivity index (χ4n) is 4.43. The summed E-state index contributed by atoms with van der Waals surface area (Å²) in [5.74, 6) is 0.0104. The molecule has 2 saturated heterocycles. The van der Waals surface area contributed by atoms with Crippen molar-refractivity contribution in [1.29, 1.82) is 0 Å². The van der Waals surface area contributed by atoms with Crippen LogP contribution in [0.5, 0.6) is 0 Å². The molecule has 2 aromatic rings. The van der Waals surface area contributed by atoms with Gasteiger partial charge in [-0.3, -0.25) is 19.6 Å². The Kier molecular flexibility index (Phi) is 6.58. The number of carbonyl (C=O) groups excluding carboxylic acids is 2. The number of pyridine rings is 2. The number of aromatic nitrogens is 2. The number of carbonyl (C=O) groups is 2. The van der Waals surface area contributed by atoms with Crippen molar-refractivity contribution in [3.63, 3.8) is 0 Å². The third kappa shape index (κ3) is 4.31. The normalized spacial score (nSPS) is 21.8. The first kappa shape index (κ1) is 21.4. The first-order valence-electron chi connectivity index (χ1n) is 10.7. The van der Waals surface area contributed by atoms with Gasteiger partial charge in [0.1, 0.15) is 0 Å². The molecule has 2 aromatic heterocycles. The first-order chi connectivity index (χ1) is 15.1. The highest BCUT2D eigenvalue weighted by Gasteiger charge is 2.52. The van der Waals surface area contributed by atoms with Gasteiger partial charge in [0, 0.05) is 50.5 Å². The fourth-order valence-corrected chi connectivity index (χ4v) is 4.43. The molecule has 2 aliphatic rings. The number of likely N-dealkylation sites (tertiary alicyclic amines) is 2. The number of hydrogen-bond acceptors (Lipinski definition) is 6. The third-order valence-corrected chi connectivity index (χ3v) is 6.10. The molecule has 0 radical (unpaired) electrons. The van der Waals surface area contributed by atoms with Crippen LogP contribution in [0.4, 0.5) is 0 Å². The van der Waals surface area contributed by atoms with E-state index in [-0.39, 0.29) is 23.9 Å². The Bertz CT molecular complexity index is 915. The van der Waals surface area contributed by atoms with Crippen molar-refractivity contribution in [3.05, 3.63) is 59.7 Å². The zero-order chi connectivity index (χ0) is 21.8. The molecule has 2 amide bonds. The Hall–Kier alpha value is -2.84. The van der Waals surface area contributed by atoms with E-state index in [1.165, 1.54) is 0 Å². The molecule has 0 unspecified atom stereocenters. The summed E-state index contributed by atoms with van der Waals surface area (Å²) in [7, 11) is 1.61. The van der Waals surface area contributed by atoms with E-state index in [4.69, 9.17) is 9.47 Å². The van der Waals surface area contributed by atoms with Crippen molar-refractivity contribution in [2.45, 2.75) is 38.0 Å². The van der Waals surface area contributed by atoms with Gasteiger partial charge in [-0.05, 0) is 49.6 Å². The number of nitrogens with zero attached hydrogens (tertiary/aromatic N) is 4. The number of aryl methyl sites for hydroxylation is 1. The maximum absolute atomic E-state index is 13.0. The van der Waals surface area contributed by atoms with Gasteiger partial charge in [-0.25, -0.2) is 0 Å². The molecule has 8 nitrogen and oxygen atoms in total. The zero-order valence-electron chi connectivity index (χ0n) is 17.9. The minimum absolute atomic E-state index is 0.00504. The van der Waals surface area contributed by atoms with Gasteiger partial charge in [-0.15, -0.1) is 0 Å². The maximum atomic E-state index is 13.0. The molecule has 0 spiro atoms. The van der Waals surface area contributed by atoms with Gasteiger partial charge in [-0.2, -0.15) is 0 Å². The van der Waals surface area contributed by atoms with Crippen LogP contribution < -0.4 is 0 Å². The first-order valence-corrected chi connectivity index (χ1v) is 10.7. The summed E-state index contributed by atoms with van der Waals surface area (Å²) in [5, 5.41) is 0. The molecule has 0 N–H and O–H groups in total. The van der Waals surface area contributed by atoms with Crippen molar-refractivity contribution in [1.82, 2.24) is 19.8 Å². The van der Waals surface area contributed by atoms with Crippen LogP contribution in [0.15, 0.2) is 42.9 Å². The van der Waals surface area contributed by atoms with Crippen LogP contribution in [-0.2, 0) is 14.3 Å². The predicted octanol–water partition coefficient (Wildman–Crippen LogP) is 2.00. The molecule has 8 heteroatoms. The molecule has 0 bridgehead atoms. The van der Waals surface area contributed by atoms with E-state index >= 15 is 0 Å². The lowest BCUT2D eigenvalue weighted by atomic mass is 9.86. The van der Waals surface area contributed by atoms with E-state index in [2.05, 4.69) is 9.97 Å². The molecule has 2 aliphatic heterocycles. The Morgan fingerprint density at radius 1 is 1.13 bits per heavy atom. The number of piperidine rings is 1. The van der Waals surface area contributed by atoms with Crippen LogP contribution in [0.1, 0.15) is 40.5 Å². The Balaban J connectivity index is 1.43. The van der Waals surface area contributed by atoms with Crippen molar-refractivity contribution in [3.8, 4) is 0 Å².